The van der Waals surface area contributed by atoms with E-state index in [0.29, 0.717) is 49.3 Å². The second-order valence-corrected chi connectivity index (χ2v) is 7.41. The van der Waals surface area contributed by atoms with Crippen molar-refractivity contribution in [2.45, 2.75) is 58.1 Å². The number of fused-ring (bicyclic) bond motifs is 1. The van der Waals surface area contributed by atoms with Gasteiger partial charge in [0.2, 0.25) is 0 Å². The number of alkyl carbamates (subject to hydrolysis) is 1. The summed E-state index contributed by atoms with van der Waals surface area (Å²) < 4.78 is 25.4. The van der Waals surface area contributed by atoms with Crippen molar-refractivity contribution < 1.29 is 18.7 Å². The van der Waals surface area contributed by atoms with E-state index >= 15 is 0 Å². The Bertz CT molecular complexity index is 725. The molecule has 0 aromatic carbocycles. The SMILES string of the molecule is CC(C)(C)OC(=O)NC1CC=C(c2c(F)c(N)nc3c2OCC3)CC1. The second-order valence-electron chi connectivity index (χ2n) is 7.41. The van der Waals surface area contributed by atoms with Crippen molar-refractivity contribution in [3.05, 3.63) is 23.2 Å². The number of nitrogens with zero attached hydrogens (tertiary/aromatic N) is 1. The average molecular weight is 349 g/mol. The zero-order valence-corrected chi connectivity index (χ0v) is 14.8. The van der Waals surface area contributed by atoms with Gasteiger partial charge in [-0.1, -0.05) is 6.08 Å². The number of allylic oxidation sites excluding steroid dienone is 1. The molecule has 136 valence electrons. The van der Waals surface area contributed by atoms with Crippen molar-refractivity contribution in [1.82, 2.24) is 10.3 Å². The zero-order valence-electron chi connectivity index (χ0n) is 14.8. The first-order valence-corrected chi connectivity index (χ1v) is 8.54. The number of nitrogen functional groups attached to an aromatic ring is 1. The normalized spacial score (nSPS) is 19.7. The van der Waals surface area contributed by atoms with Crippen LogP contribution in [-0.2, 0) is 11.2 Å². The highest BCUT2D eigenvalue weighted by Gasteiger charge is 2.28. The van der Waals surface area contributed by atoms with Gasteiger partial charge in [-0.2, -0.15) is 0 Å². The highest BCUT2D eigenvalue weighted by atomic mass is 19.1. The molecule has 0 saturated carbocycles. The molecule has 0 spiro atoms. The minimum Gasteiger partial charge on any atom is -0.491 e. The Morgan fingerprint density at radius 3 is 2.84 bits per heavy atom. The Balaban J connectivity index is 1.73. The highest BCUT2D eigenvalue weighted by molar-refractivity contribution is 5.75. The van der Waals surface area contributed by atoms with Crippen LogP contribution in [0.3, 0.4) is 0 Å². The third-order valence-electron chi connectivity index (χ3n) is 4.23. The number of hydrogen-bond acceptors (Lipinski definition) is 5. The van der Waals surface area contributed by atoms with E-state index in [4.69, 9.17) is 15.2 Å². The number of carbonyl (C=O) groups is 1. The van der Waals surface area contributed by atoms with Crippen LogP contribution < -0.4 is 15.8 Å². The molecular formula is C18H24FN3O3. The van der Waals surface area contributed by atoms with Gasteiger partial charge in [0, 0.05) is 12.5 Å². The molecule has 2 aliphatic rings. The van der Waals surface area contributed by atoms with Gasteiger partial charge in [-0.15, -0.1) is 0 Å². The Hall–Kier alpha value is -2.31. The fraction of sp³-hybridized carbons (Fsp3) is 0.556. The molecule has 1 atom stereocenters. The van der Waals surface area contributed by atoms with Crippen LogP contribution in [0.2, 0.25) is 0 Å². The van der Waals surface area contributed by atoms with Crippen molar-refractivity contribution >= 4 is 17.5 Å². The molecule has 1 aromatic heterocycles. The maximum Gasteiger partial charge on any atom is 0.407 e. The van der Waals surface area contributed by atoms with Crippen molar-refractivity contribution in [2.75, 3.05) is 12.3 Å². The summed E-state index contributed by atoms with van der Waals surface area (Å²) in [5, 5.41) is 2.86. The second kappa shape index (κ2) is 6.54. The largest absolute Gasteiger partial charge is 0.491 e. The van der Waals surface area contributed by atoms with Gasteiger partial charge in [-0.05, 0) is 45.6 Å². The van der Waals surface area contributed by atoms with E-state index in [1.54, 1.807) is 0 Å². The summed E-state index contributed by atoms with van der Waals surface area (Å²) >= 11 is 0. The molecule has 1 aromatic rings. The lowest BCUT2D eigenvalue weighted by Gasteiger charge is -2.26. The summed E-state index contributed by atoms with van der Waals surface area (Å²) in [5.74, 6) is -0.101. The number of carbonyl (C=O) groups excluding carboxylic acids is 1. The van der Waals surface area contributed by atoms with E-state index in [-0.39, 0.29) is 11.9 Å². The fourth-order valence-electron chi connectivity index (χ4n) is 3.15. The molecular weight excluding hydrogens is 325 g/mol. The lowest BCUT2D eigenvalue weighted by molar-refractivity contribution is 0.0502. The third-order valence-corrected chi connectivity index (χ3v) is 4.23. The van der Waals surface area contributed by atoms with E-state index in [1.807, 2.05) is 26.8 Å². The van der Waals surface area contributed by atoms with E-state index in [1.165, 1.54) is 0 Å². The average Bonchev–Trinajstić information content (AvgIpc) is 2.95. The Kier molecular flexibility index (Phi) is 4.58. The lowest BCUT2D eigenvalue weighted by atomic mass is 9.90. The number of amides is 1. The molecule has 3 N–H and O–H groups in total. The first-order valence-electron chi connectivity index (χ1n) is 8.54. The van der Waals surface area contributed by atoms with Crippen LogP contribution in [0.4, 0.5) is 15.0 Å². The van der Waals surface area contributed by atoms with Crippen LogP contribution in [0.5, 0.6) is 5.75 Å². The van der Waals surface area contributed by atoms with Crippen LogP contribution in [0.1, 0.15) is 51.3 Å². The summed E-state index contributed by atoms with van der Waals surface area (Å²) in [5.41, 5.74) is 7.17. The van der Waals surface area contributed by atoms with Gasteiger partial charge < -0.3 is 20.5 Å². The van der Waals surface area contributed by atoms with E-state index in [9.17, 15) is 9.18 Å². The van der Waals surface area contributed by atoms with E-state index in [2.05, 4.69) is 10.3 Å². The van der Waals surface area contributed by atoms with Gasteiger partial charge >= 0.3 is 6.09 Å². The van der Waals surface area contributed by atoms with Gasteiger partial charge in [0.05, 0.1) is 17.9 Å². The maximum absolute atomic E-state index is 14.5. The van der Waals surface area contributed by atoms with Crippen LogP contribution in [0, 0.1) is 5.82 Å². The van der Waals surface area contributed by atoms with E-state index in [0.717, 1.165) is 5.57 Å². The number of rotatable bonds is 2. The summed E-state index contributed by atoms with van der Waals surface area (Å²) in [7, 11) is 0. The van der Waals surface area contributed by atoms with Crippen LogP contribution in [-0.4, -0.2) is 29.3 Å². The summed E-state index contributed by atoms with van der Waals surface area (Å²) in [6, 6.07) is -0.0326. The summed E-state index contributed by atoms with van der Waals surface area (Å²) in [6.45, 7) is 5.96. The number of anilines is 1. The quantitative estimate of drug-likeness (QED) is 0.856. The number of ether oxygens (including phenoxy) is 2. The smallest absolute Gasteiger partial charge is 0.407 e. The molecule has 3 rings (SSSR count). The Morgan fingerprint density at radius 2 is 2.20 bits per heavy atom. The summed E-state index contributed by atoms with van der Waals surface area (Å²) in [6.07, 6.45) is 4.06. The molecule has 0 bridgehead atoms. The molecule has 1 unspecified atom stereocenters. The lowest BCUT2D eigenvalue weighted by Crippen LogP contribution is -2.39. The van der Waals surface area contributed by atoms with Gasteiger partial charge in [0.1, 0.15) is 5.60 Å². The summed E-state index contributed by atoms with van der Waals surface area (Å²) in [4.78, 5) is 15.9. The molecule has 6 nitrogen and oxygen atoms in total. The molecule has 7 heteroatoms. The molecule has 1 aliphatic heterocycles. The highest BCUT2D eigenvalue weighted by Crippen LogP contribution is 2.40. The van der Waals surface area contributed by atoms with E-state index < -0.39 is 17.5 Å². The van der Waals surface area contributed by atoms with Crippen molar-refractivity contribution in [1.29, 1.82) is 0 Å². The minimum atomic E-state index is -0.532. The Morgan fingerprint density at radius 1 is 1.44 bits per heavy atom. The van der Waals surface area contributed by atoms with Crippen LogP contribution in [0.25, 0.3) is 5.57 Å². The number of pyridine rings is 1. The Labute approximate surface area is 146 Å². The molecule has 25 heavy (non-hydrogen) atoms. The molecule has 0 fully saturated rings. The van der Waals surface area contributed by atoms with Gasteiger partial charge in [-0.3, -0.25) is 0 Å². The van der Waals surface area contributed by atoms with Crippen LogP contribution in [0.15, 0.2) is 6.08 Å². The monoisotopic (exact) mass is 349 g/mol. The minimum absolute atomic E-state index is 0.0326. The van der Waals surface area contributed by atoms with Crippen molar-refractivity contribution in [3.8, 4) is 5.75 Å². The number of aromatic nitrogens is 1. The van der Waals surface area contributed by atoms with Crippen molar-refractivity contribution in [3.63, 3.8) is 0 Å². The predicted octanol–water partition coefficient (Wildman–Crippen LogP) is 3.20. The number of nitrogens with two attached hydrogens (primary N) is 1. The fourth-order valence-corrected chi connectivity index (χ4v) is 3.15. The van der Waals surface area contributed by atoms with Crippen molar-refractivity contribution in [2.24, 2.45) is 0 Å². The molecule has 0 saturated heterocycles. The maximum atomic E-state index is 14.5. The third kappa shape index (κ3) is 3.86. The van der Waals surface area contributed by atoms with Gasteiger partial charge in [0.25, 0.3) is 0 Å². The molecule has 2 heterocycles. The number of halogens is 1. The first-order chi connectivity index (χ1) is 11.7. The first kappa shape index (κ1) is 17.5. The standard InChI is InChI=1S/C18H24FN3O3/c1-18(2,3)25-17(23)21-11-6-4-10(5-7-11)13-14(19)16(20)22-12-8-9-24-15(12)13/h4,11H,5-9H2,1-3H3,(H2,20,22)(H,21,23). The predicted molar refractivity (Wildman–Crippen MR) is 92.8 cm³/mol. The molecule has 1 amide bonds. The molecule has 0 radical (unpaired) electrons. The van der Waals surface area contributed by atoms with Gasteiger partial charge in [0.15, 0.2) is 17.4 Å². The zero-order chi connectivity index (χ0) is 18.2. The number of hydrogen-bond donors (Lipinski definition) is 2. The molecule has 1 aliphatic carbocycles. The topological polar surface area (TPSA) is 86.5 Å². The number of nitrogens with one attached hydrogen (secondary N) is 1. The van der Waals surface area contributed by atoms with Crippen LogP contribution >= 0.6 is 0 Å². The van der Waals surface area contributed by atoms with Gasteiger partial charge in [-0.25, -0.2) is 14.2 Å².